The van der Waals surface area contributed by atoms with Gasteiger partial charge in [0, 0.05) is 10.0 Å². The normalized spacial score (nSPS) is 10.9. The van der Waals surface area contributed by atoms with E-state index in [1.54, 1.807) is 0 Å². The van der Waals surface area contributed by atoms with E-state index in [-0.39, 0.29) is 11.9 Å². The van der Waals surface area contributed by atoms with Crippen LogP contribution in [-0.2, 0) is 0 Å². The van der Waals surface area contributed by atoms with Gasteiger partial charge in [-0.05, 0) is 36.4 Å². The summed E-state index contributed by atoms with van der Waals surface area (Å²) in [5, 5.41) is 10.7. The second kappa shape index (κ2) is 6.14. The van der Waals surface area contributed by atoms with Crippen LogP contribution in [0.2, 0.25) is 0 Å². The lowest BCUT2D eigenvalue weighted by Crippen LogP contribution is -2.11. The molecule has 0 saturated heterocycles. The number of carbonyl (C=O) groups excluding carboxylic acids is 1. The number of hydrogen-bond acceptors (Lipinski definition) is 6. The van der Waals surface area contributed by atoms with Gasteiger partial charge in [0.25, 0.3) is 5.91 Å². The summed E-state index contributed by atoms with van der Waals surface area (Å²) in [6.45, 7) is 0. The van der Waals surface area contributed by atoms with Crippen LogP contribution < -0.4 is 5.32 Å². The number of amides is 1. The number of benzene rings is 2. The maximum absolute atomic E-state index is 12.3. The Bertz CT molecular complexity index is 993. The molecular formula is C16H9BrN4O2S. The zero-order valence-corrected chi connectivity index (χ0v) is 14.5. The molecule has 2 aromatic carbocycles. The summed E-state index contributed by atoms with van der Waals surface area (Å²) in [5.74, 6) is -0.0377. The molecule has 118 valence electrons. The van der Waals surface area contributed by atoms with Crippen molar-refractivity contribution in [3.8, 4) is 11.5 Å². The third kappa shape index (κ3) is 2.93. The molecule has 0 atom stereocenters. The number of aromatic nitrogens is 3. The molecule has 0 fully saturated rings. The number of thiazole rings is 1. The Morgan fingerprint density at radius 1 is 1.08 bits per heavy atom. The minimum Gasteiger partial charge on any atom is -0.403 e. The zero-order valence-electron chi connectivity index (χ0n) is 12.1. The fourth-order valence-corrected chi connectivity index (χ4v) is 3.23. The Labute approximate surface area is 148 Å². The average Bonchev–Trinajstić information content (AvgIpc) is 3.22. The molecule has 0 unspecified atom stereocenters. The molecule has 0 bridgehead atoms. The lowest BCUT2D eigenvalue weighted by Gasteiger charge is -1.96. The van der Waals surface area contributed by atoms with E-state index >= 15 is 0 Å². The van der Waals surface area contributed by atoms with Gasteiger partial charge in [-0.1, -0.05) is 33.2 Å². The Morgan fingerprint density at radius 3 is 2.67 bits per heavy atom. The van der Waals surface area contributed by atoms with E-state index in [0.29, 0.717) is 10.9 Å². The van der Waals surface area contributed by atoms with Gasteiger partial charge in [-0.2, -0.15) is 0 Å². The molecule has 0 saturated carbocycles. The van der Waals surface area contributed by atoms with Crippen LogP contribution in [0, 0.1) is 0 Å². The number of rotatable bonds is 3. The number of fused-ring (bicyclic) bond motifs is 1. The van der Waals surface area contributed by atoms with Crippen LogP contribution >= 0.6 is 27.3 Å². The second-order valence-corrected chi connectivity index (χ2v) is 6.81. The minimum absolute atomic E-state index is 0.0391. The van der Waals surface area contributed by atoms with Gasteiger partial charge >= 0.3 is 6.01 Å². The average molecular weight is 401 g/mol. The van der Waals surface area contributed by atoms with Crippen molar-refractivity contribution in [2.75, 3.05) is 5.32 Å². The second-order valence-electron chi connectivity index (χ2n) is 4.86. The first-order chi connectivity index (χ1) is 11.7. The summed E-state index contributed by atoms with van der Waals surface area (Å²) in [5.41, 5.74) is 1.56. The Kier molecular flexibility index (Phi) is 3.83. The van der Waals surface area contributed by atoms with Gasteiger partial charge in [0.1, 0.15) is 0 Å². The molecule has 0 radical (unpaired) electrons. The van der Waals surface area contributed by atoms with E-state index in [2.05, 4.69) is 36.4 Å². The van der Waals surface area contributed by atoms with E-state index in [4.69, 9.17) is 4.42 Å². The van der Waals surface area contributed by atoms with Gasteiger partial charge in [-0.15, -0.1) is 16.4 Å². The quantitative estimate of drug-likeness (QED) is 0.552. The summed E-state index contributed by atoms with van der Waals surface area (Å²) in [6.07, 6.45) is 0. The molecule has 0 spiro atoms. The molecule has 6 nitrogen and oxygen atoms in total. The molecule has 2 heterocycles. The van der Waals surface area contributed by atoms with Crippen molar-refractivity contribution in [2.24, 2.45) is 0 Å². The van der Waals surface area contributed by atoms with Crippen LogP contribution in [0.1, 0.15) is 9.80 Å². The first-order valence-corrected chi connectivity index (χ1v) is 8.56. The molecule has 1 N–H and O–H groups in total. The van der Waals surface area contributed by atoms with Gasteiger partial charge in [-0.3, -0.25) is 10.1 Å². The summed E-state index contributed by atoms with van der Waals surface area (Å²) < 4.78 is 7.38. The zero-order chi connectivity index (χ0) is 16.5. The van der Waals surface area contributed by atoms with E-state index < -0.39 is 0 Å². The minimum atomic E-state index is -0.373. The van der Waals surface area contributed by atoms with Crippen LogP contribution in [0.15, 0.2) is 57.4 Å². The van der Waals surface area contributed by atoms with Crippen LogP contribution in [-0.4, -0.2) is 21.1 Å². The van der Waals surface area contributed by atoms with Crippen molar-refractivity contribution in [1.82, 2.24) is 15.2 Å². The fraction of sp³-hybridized carbons (Fsp3) is 0. The number of hydrogen-bond donors (Lipinski definition) is 1. The third-order valence-electron chi connectivity index (χ3n) is 3.22. The topological polar surface area (TPSA) is 80.9 Å². The Morgan fingerprint density at radius 2 is 1.88 bits per heavy atom. The molecular weight excluding hydrogens is 392 g/mol. The third-order valence-corrected chi connectivity index (χ3v) is 4.79. The fourth-order valence-electron chi connectivity index (χ4n) is 2.10. The molecule has 4 rings (SSSR count). The molecule has 0 aliphatic carbocycles. The van der Waals surface area contributed by atoms with E-state index in [1.807, 2.05) is 48.5 Å². The van der Waals surface area contributed by atoms with Crippen molar-refractivity contribution in [3.63, 3.8) is 0 Å². The number of halogens is 1. The van der Waals surface area contributed by atoms with Crippen molar-refractivity contribution in [1.29, 1.82) is 0 Å². The number of para-hydroxylation sites is 1. The van der Waals surface area contributed by atoms with Crippen LogP contribution in [0.25, 0.3) is 21.7 Å². The largest absolute Gasteiger partial charge is 0.403 e. The van der Waals surface area contributed by atoms with Gasteiger partial charge in [0.2, 0.25) is 5.89 Å². The van der Waals surface area contributed by atoms with Gasteiger partial charge in [-0.25, -0.2) is 4.98 Å². The Hall–Kier alpha value is -2.58. The summed E-state index contributed by atoms with van der Waals surface area (Å²) in [6, 6.07) is 15.0. The predicted octanol–water partition coefficient (Wildman–Crippen LogP) is 4.36. The molecule has 0 aliphatic rings. The van der Waals surface area contributed by atoms with Crippen molar-refractivity contribution >= 4 is 49.4 Å². The van der Waals surface area contributed by atoms with E-state index in [0.717, 1.165) is 20.3 Å². The molecule has 0 aliphatic heterocycles. The smallest absolute Gasteiger partial charge is 0.322 e. The maximum atomic E-state index is 12.3. The number of carbonyl (C=O) groups is 1. The number of nitrogens with one attached hydrogen (secondary N) is 1. The van der Waals surface area contributed by atoms with E-state index in [9.17, 15) is 4.79 Å². The van der Waals surface area contributed by atoms with Gasteiger partial charge < -0.3 is 4.42 Å². The Balaban J connectivity index is 1.54. The highest BCUT2D eigenvalue weighted by atomic mass is 79.9. The highest BCUT2D eigenvalue weighted by Gasteiger charge is 2.16. The summed E-state index contributed by atoms with van der Waals surface area (Å²) in [4.78, 5) is 16.6. The number of anilines is 1. The van der Waals surface area contributed by atoms with Crippen molar-refractivity contribution in [2.45, 2.75) is 0 Å². The van der Waals surface area contributed by atoms with Crippen LogP contribution in [0.5, 0.6) is 0 Å². The summed E-state index contributed by atoms with van der Waals surface area (Å²) >= 11 is 4.68. The monoisotopic (exact) mass is 400 g/mol. The van der Waals surface area contributed by atoms with Crippen LogP contribution in [0.4, 0.5) is 6.01 Å². The van der Waals surface area contributed by atoms with Crippen molar-refractivity contribution < 1.29 is 9.21 Å². The highest BCUT2D eigenvalue weighted by Crippen LogP contribution is 2.24. The SMILES string of the molecule is O=C(Nc1nnc(-c2ccc(Br)cc2)o1)c1nc2ccccc2s1. The first kappa shape index (κ1) is 15.0. The standard InChI is InChI=1S/C16H9BrN4O2S/c17-10-7-5-9(6-8-10)14-20-21-16(23-14)19-13(22)15-18-11-3-1-2-4-12(11)24-15/h1-8H,(H,19,21,22). The molecule has 8 heteroatoms. The maximum Gasteiger partial charge on any atom is 0.322 e. The molecule has 4 aromatic rings. The summed E-state index contributed by atoms with van der Waals surface area (Å²) in [7, 11) is 0. The molecule has 1 amide bonds. The van der Waals surface area contributed by atoms with Gasteiger partial charge in [0.05, 0.1) is 10.2 Å². The molecule has 2 aromatic heterocycles. The lowest BCUT2D eigenvalue weighted by molar-refractivity contribution is 0.102. The van der Waals surface area contributed by atoms with E-state index in [1.165, 1.54) is 11.3 Å². The van der Waals surface area contributed by atoms with Gasteiger partial charge in [0.15, 0.2) is 5.01 Å². The highest BCUT2D eigenvalue weighted by molar-refractivity contribution is 9.10. The first-order valence-electron chi connectivity index (χ1n) is 6.95. The van der Waals surface area contributed by atoms with Crippen molar-refractivity contribution in [3.05, 3.63) is 58.0 Å². The molecule has 24 heavy (non-hydrogen) atoms. The number of nitrogens with zero attached hydrogens (tertiary/aromatic N) is 3. The predicted molar refractivity (Wildman–Crippen MR) is 95.0 cm³/mol. The lowest BCUT2D eigenvalue weighted by atomic mass is 10.2. The van der Waals surface area contributed by atoms with Crippen LogP contribution in [0.3, 0.4) is 0 Å².